The van der Waals surface area contributed by atoms with E-state index in [1.54, 1.807) is 0 Å². The maximum Gasteiger partial charge on any atom is 0.226 e. The van der Waals surface area contributed by atoms with Gasteiger partial charge < -0.3 is 14.8 Å². The van der Waals surface area contributed by atoms with Crippen LogP contribution in [0.4, 0.5) is 0 Å². The van der Waals surface area contributed by atoms with Crippen LogP contribution in [0.25, 0.3) is 11.1 Å². The van der Waals surface area contributed by atoms with Gasteiger partial charge in [-0.25, -0.2) is 0 Å². The lowest BCUT2D eigenvalue weighted by molar-refractivity contribution is -0.120. The average Bonchev–Trinajstić information content (AvgIpc) is 2.87. The number of nitrogens with one attached hydrogen (secondary N) is 1. The molecule has 0 bridgehead atoms. The summed E-state index contributed by atoms with van der Waals surface area (Å²) >= 11 is 0. The standard InChI is InChI=1S/C28H31N3O3/c32-28(30-19-21-4-2-1-3-5-21)16-24-9-6-23(20-29-24)22-7-10-26(11-8-22)34-27-17-25(18-27)31-12-14-33-15-13-31/h1-11,20,25,27H,12-19H2,(H,30,32)/t25-,27-. The molecule has 0 radical (unpaired) electrons. The molecule has 2 aromatic carbocycles. The first kappa shape index (κ1) is 22.6. The summed E-state index contributed by atoms with van der Waals surface area (Å²) in [7, 11) is 0. The van der Waals surface area contributed by atoms with Gasteiger partial charge in [0.2, 0.25) is 5.91 Å². The highest BCUT2D eigenvalue weighted by Gasteiger charge is 2.35. The maximum atomic E-state index is 12.2. The van der Waals surface area contributed by atoms with E-state index in [-0.39, 0.29) is 12.3 Å². The first-order chi connectivity index (χ1) is 16.7. The number of carbonyl (C=O) groups excluding carboxylic acids is 1. The Labute approximate surface area is 200 Å². The third-order valence-corrected chi connectivity index (χ3v) is 6.62. The highest BCUT2D eigenvalue weighted by molar-refractivity contribution is 5.78. The van der Waals surface area contributed by atoms with Crippen LogP contribution in [0.5, 0.6) is 5.75 Å². The number of benzene rings is 2. The summed E-state index contributed by atoms with van der Waals surface area (Å²) in [6.45, 7) is 4.30. The molecule has 2 heterocycles. The van der Waals surface area contributed by atoms with Gasteiger partial charge in [0, 0.05) is 56.0 Å². The van der Waals surface area contributed by atoms with Crippen molar-refractivity contribution in [3.8, 4) is 16.9 Å². The van der Waals surface area contributed by atoms with Crippen molar-refractivity contribution in [3.63, 3.8) is 0 Å². The minimum absolute atomic E-state index is 0.0301. The van der Waals surface area contributed by atoms with Gasteiger partial charge in [0.05, 0.1) is 19.6 Å². The molecule has 6 heteroatoms. The van der Waals surface area contributed by atoms with Crippen LogP contribution in [-0.4, -0.2) is 54.2 Å². The number of ether oxygens (including phenoxy) is 2. The Hall–Kier alpha value is -3.22. The van der Waals surface area contributed by atoms with Crippen molar-refractivity contribution in [2.24, 2.45) is 0 Å². The number of rotatable bonds is 8. The summed E-state index contributed by atoms with van der Waals surface area (Å²) in [5.41, 5.74) is 3.95. The quantitative estimate of drug-likeness (QED) is 0.557. The van der Waals surface area contributed by atoms with Gasteiger partial charge in [-0.15, -0.1) is 0 Å². The van der Waals surface area contributed by atoms with Crippen LogP contribution in [-0.2, 0) is 22.5 Å². The van der Waals surface area contributed by atoms with E-state index in [0.717, 1.165) is 67.3 Å². The molecule has 1 aliphatic heterocycles. The zero-order valence-electron chi connectivity index (χ0n) is 19.4. The number of morpholine rings is 1. The SMILES string of the molecule is O=C(Cc1ccc(-c2ccc(O[C@H]3C[C@H](N4CCOCC4)C3)cc2)cn1)NCc1ccccc1. The summed E-state index contributed by atoms with van der Waals surface area (Å²) < 4.78 is 11.6. The lowest BCUT2D eigenvalue weighted by Gasteiger charge is -2.44. The van der Waals surface area contributed by atoms with Gasteiger partial charge in [0.25, 0.3) is 0 Å². The third kappa shape index (κ3) is 5.82. The Kier molecular flexibility index (Phi) is 7.17. The van der Waals surface area contributed by atoms with Crippen LogP contribution < -0.4 is 10.1 Å². The summed E-state index contributed by atoms with van der Waals surface area (Å²) in [5, 5.41) is 2.95. The molecule has 0 spiro atoms. The lowest BCUT2D eigenvalue weighted by Crippen LogP contribution is -2.52. The Morgan fingerprint density at radius 2 is 1.71 bits per heavy atom. The van der Waals surface area contributed by atoms with Crippen molar-refractivity contribution < 1.29 is 14.3 Å². The normalized spacial score (nSPS) is 20.4. The van der Waals surface area contributed by atoms with E-state index in [2.05, 4.69) is 27.3 Å². The van der Waals surface area contributed by atoms with Gasteiger partial charge in [0.15, 0.2) is 0 Å². The van der Waals surface area contributed by atoms with Gasteiger partial charge in [-0.1, -0.05) is 48.5 Å². The molecule has 3 aromatic rings. The second-order valence-corrected chi connectivity index (χ2v) is 9.02. The molecule has 1 aromatic heterocycles. The number of carbonyl (C=O) groups is 1. The van der Waals surface area contributed by atoms with Crippen molar-refractivity contribution in [2.75, 3.05) is 26.3 Å². The predicted octanol–water partition coefficient (Wildman–Crippen LogP) is 3.85. The molecule has 1 saturated heterocycles. The average molecular weight is 458 g/mol. The number of hydrogen-bond acceptors (Lipinski definition) is 5. The number of hydrogen-bond donors (Lipinski definition) is 1. The van der Waals surface area contributed by atoms with Crippen molar-refractivity contribution >= 4 is 5.91 Å². The second-order valence-electron chi connectivity index (χ2n) is 9.02. The molecule has 1 saturated carbocycles. The molecule has 1 aliphatic carbocycles. The highest BCUT2D eigenvalue weighted by atomic mass is 16.5. The van der Waals surface area contributed by atoms with E-state index in [1.807, 2.05) is 60.8 Å². The summed E-state index contributed by atoms with van der Waals surface area (Å²) in [5.74, 6) is 0.881. The molecule has 6 nitrogen and oxygen atoms in total. The summed E-state index contributed by atoms with van der Waals surface area (Å²) in [6, 6.07) is 22.7. The van der Waals surface area contributed by atoms with Crippen LogP contribution in [0.1, 0.15) is 24.1 Å². The molecule has 1 amide bonds. The fourth-order valence-corrected chi connectivity index (χ4v) is 4.52. The lowest BCUT2D eigenvalue weighted by atomic mass is 9.87. The number of amides is 1. The van der Waals surface area contributed by atoms with E-state index in [9.17, 15) is 4.79 Å². The van der Waals surface area contributed by atoms with Crippen LogP contribution >= 0.6 is 0 Å². The van der Waals surface area contributed by atoms with Crippen LogP contribution in [0.3, 0.4) is 0 Å². The zero-order chi connectivity index (χ0) is 23.2. The van der Waals surface area contributed by atoms with Crippen molar-refractivity contribution in [2.45, 2.75) is 38.0 Å². The molecular formula is C28H31N3O3. The van der Waals surface area contributed by atoms with Gasteiger partial charge in [-0.2, -0.15) is 0 Å². The monoisotopic (exact) mass is 457 g/mol. The first-order valence-corrected chi connectivity index (χ1v) is 12.1. The van der Waals surface area contributed by atoms with Gasteiger partial charge >= 0.3 is 0 Å². The van der Waals surface area contributed by atoms with Crippen LogP contribution in [0.2, 0.25) is 0 Å². The van der Waals surface area contributed by atoms with Gasteiger partial charge in [0.1, 0.15) is 11.9 Å². The van der Waals surface area contributed by atoms with Crippen molar-refractivity contribution in [1.29, 1.82) is 0 Å². The molecule has 34 heavy (non-hydrogen) atoms. The minimum Gasteiger partial charge on any atom is -0.490 e. The molecule has 2 aliphatic rings. The highest BCUT2D eigenvalue weighted by Crippen LogP contribution is 2.31. The van der Waals surface area contributed by atoms with Gasteiger partial charge in [-0.3, -0.25) is 14.7 Å². The number of nitrogens with zero attached hydrogens (tertiary/aromatic N) is 2. The molecule has 0 atom stereocenters. The Morgan fingerprint density at radius 3 is 2.41 bits per heavy atom. The van der Waals surface area contributed by atoms with Gasteiger partial charge in [-0.05, 0) is 29.3 Å². The summed E-state index contributed by atoms with van der Waals surface area (Å²) in [6.07, 6.45) is 4.58. The van der Waals surface area contributed by atoms with E-state index in [0.29, 0.717) is 18.7 Å². The smallest absolute Gasteiger partial charge is 0.226 e. The second kappa shape index (κ2) is 10.8. The Bertz CT molecular complexity index is 1060. The van der Waals surface area contributed by atoms with E-state index < -0.39 is 0 Å². The zero-order valence-corrected chi connectivity index (χ0v) is 19.4. The molecule has 2 fully saturated rings. The maximum absolute atomic E-state index is 12.2. The van der Waals surface area contributed by atoms with Crippen LogP contribution in [0, 0.1) is 0 Å². The Balaban J connectivity index is 1.08. The number of pyridine rings is 1. The molecule has 0 unspecified atom stereocenters. The van der Waals surface area contributed by atoms with Crippen molar-refractivity contribution in [1.82, 2.24) is 15.2 Å². The number of aromatic nitrogens is 1. The minimum atomic E-state index is -0.0301. The fraction of sp³-hybridized carbons (Fsp3) is 0.357. The van der Waals surface area contributed by atoms with Crippen molar-refractivity contribution in [3.05, 3.63) is 84.2 Å². The molecular weight excluding hydrogens is 426 g/mol. The first-order valence-electron chi connectivity index (χ1n) is 12.1. The topological polar surface area (TPSA) is 63.7 Å². The fourth-order valence-electron chi connectivity index (χ4n) is 4.52. The predicted molar refractivity (Wildman–Crippen MR) is 131 cm³/mol. The van der Waals surface area contributed by atoms with Crippen LogP contribution in [0.15, 0.2) is 72.9 Å². The van der Waals surface area contributed by atoms with E-state index in [1.165, 1.54) is 0 Å². The summed E-state index contributed by atoms with van der Waals surface area (Å²) in [4.78, 5) is 19.2. The third-order valence-electron chi connectivity index (χ3n) is 6.62. The van der Waals surface area contributed by atoms with E-state index >= 15 is 0 Å². The molecule has 1 N–H and O–H groups in total. The largest absolute Gasteiger partial charge is 0.490 e. The molecule has 5 rings (SSSR count). The Morgan fingerprint density at radius 1 is 0.971 bits per heavy atom. The molecule has 176 valence electrons. The van der Waals surface area contributed by atoms with E-state index in [4.69, 9.17) is 9.47 Å².